The summed E-state index contributed by atoms with van der Waals surface area (Å²) in [5.41, 5.74) is 1.12. The van der Waals surface area contributed by atoms with Crippen LogP contribution in [0.4, 0.5) is 0 Å². The second-order valence-electron chi connectivity index (χ2n) is 4.91. The van der Waals surface area contributed by atoms with E-state index in [1.807, 2.05) is 17.8 Å². The van der Waals surface area contributed by atoms with Gasteiger partial charge in [-0.15, -0.1) is 0 Å². The molecule has 4 heteroatoms. The molecule has 4 nitrogen and oxygen atoms in total. The Labute approximate surface area is 104 Å². The smallest absolute Gasteiger partial charge is 0.0750 e. The summed E-state index contributed by atoms with van der Waals surface area (Å²) in [6.07, 6.45) is 5.15. The molecule has 1 N–H and O–H groups in total. The molecule has 0 unspecified atom stereocenters. The summed E-state index contributed by atoms with van der Waals surface area (Å²) in [6.45, 7) is 11.8. The zero-order valence-electron chi connectivity index (χ0n) is 11.5. The van der Waals surface area contributed by atoms with Crippen LogP contribution in [-0.4, -0.2) is 28.5 Å². The van der Waals surface area contributed by atoms with Gasteiger partial charge in [-0.05, 0) is 27.2 Å². The van der Waals surface area contributed by atoms with Crippen molar-refractivity contribution >= 4 is 0 Å². The molecule has 0 aliphatic carbocycles. The predicted octanol–water partition coefficient (Wildman–Crippen LogP) is 2.20. The minimum absolute atomic E-state index is 0.103. The van der Waals surface area contributed by atoms with Crippen molar-refractivity contribution in [2.45, 2.75) is 52.8 Å². The first-order valence-electron chi connectivity index (χ1n) is 6.43. The van der Waals surface area contributed by atoms with E-state index < -0.39 is 0 Å². The van der Waals surface area contributed by atoms with Gasteiger partial charge in [0.1, 0.15) is 0 Å². The molecule has 0 fully saturated rings. The molecule has 0 spiro atoms. The quantitative estimate of drug-likeness (QED) is 0.756. The normalized spacial score (nSPS) is 12.0. The Morgan fingerprint density at radius 1 is 1.41 bits per heavy atom. The molecule has 0 aromatic carbocycles. The fourth-order valence-corrected chi connectivity index (χ4v) is 1.80. The summed E-state index contributed by atoms with van der Waals surface area (Å²) in [4.78, 5) is 0. The zero-order chi connectivity index (χ0) is 12.7. The molecular formula is C13H25N3O. The molecule has 17 heavy (non-hydrogen) atoms. The van der Waals surface area contributed by atoms with E-state index in [-0.39, 0.29) is 5.60 Å². The van der Waals surface area contributed by atoms with Crippen molar-refractivity contribution in [1.82, 2.24) is 15.1 Å². The first-order valence-corrected chi connectivity index (χ1v) is 6.43. The van der Waals surface area contributed by atoms with Crippen molar-refractivity contribution < 1.29 is 4.74 Å². The number of aryl methyl sites for hydroxylation is 1. The van der Waals surface area contributed by atoms with Gasteiger partial charge in [0.25, 0.3) is 0 Å². The van der Waals surface area contributed by atoms with Gasteiger partial charge in [0.2, 0.25) is 0 Å². The average Bonchev–Trinajstić information content (AvgIpc) is 2.66. The molecule has 98 valence electrons. The molecule has 0 saturated carbocycles. The maximum absolute atomic E-state index is 5.63. The third-order valence-electron chi connectivity index (χ3n) is 2.55. The van der Waals surface area contributed by atoms with Crippen LogP contribution in [0.2, 0.25) is 0 Å². The van der Waals surface area contributed by atoms with Gasteiger partial charge in [-0.25, -0.2) is 0 Å². The zero-order valence-corrected chi connectivity index (χ0v) is 11.5. The van der Waals surface area contributed by atoms with Gasteiger partial charge in [0, 0.05) is 38.0 Å². The molecule has 0 saturated heterocycles. The third kappa shape index (κ3) is 5.33. The highest BCUT2D eigenvalue weighted by molar-refractivity contribution is 5.03. The van der Waals surface area contributed by atoms with Crippen LogP contribution in [-0.2, 0) is 17.8 Å². The Bertz CT molecular complexity index is 320. The van der Waals surface area contributed by atoms with E-state index in [4.69, 9.17) is 4.74 Å². The van der Waals surface area contributed by atoms with E-state index in [0.29, 0.717) is 0 Å². The lowest BCUT2D eigenvalue weighted by Gasteiger charge is -2.24. The Morgan fingerprint density at radius 2 is 2.18 bits per heavy atom. The van der Waals surface area contributed by atoms with Crippen LogP contribution in [0.1, 0.15) is 39.7 Å². The van der Waals surface area contributed by atoms with Crippen molar-refractivity contribution in [1.29, 1.82) is 0 Å². The fraction of sp³-hybridized carbons (Fsp3) is 0.769. The molecule has 1 heterocycles. The largest absolute Gasteiger partial charge is 0.375 e. The minimum Gasteiger partial charge on any atom is -0.375 e. The summed E-state index contributed by atoms with van der Waals surface area (Å²) in [7, 11) is 0. The van der Waals surface area contributed by atoms with Crippen LogP contribution in [0, 0.1) is 0 Å². The topological polar surface area (TPSA) is 39.1 Å². The minimum atomic E-state index is -0.103. The average molecular weight is 239 g/mol. The van der Waals surface area contributed by atoms with Gasteiger partial charge in [-0.2, -0.15) is 5.10 Å². The van der Waals surface area contributed by atoms with E-state index in [2.05, 4.69) is 37.4 Å². The van der Waals surface area contributed by atoms with Crippen LogP contribution in [0.5, 0.6) is 0 Å². The highest BCUT2D eigenvalue weighted by Crippen LogP contribution is 2.07. The van der Waals surface area contributed by atoms with E-state index in [1.165, 1.54) is 5.56 Å². The van der Waals surface area contributed by atoms with E-state index >= 15 is 0 Å². The summed E-state index contributed by atoms with van der Waals surface area (Å²) in [5.74, 6) is 0. The summed E-state index contributed by atoms with van der Waals surface area (Å²) >= 11 is 0. The molecule has 0 radical (unpaired) electrons. The van der Waals surface area contributed by atoms with Crippen molar-refractivity contribution in [2.75, 3.05) is 13.2 Å². The van der Waals surface area contributed by atoms with Gasteiger partial charge in [-0.1, -0.05) is 6.92 Å². The summed E-state index contributed by atoms with van der Waals surface area (Å²) < 4.78 is 7.62. The lowest BCUT2D eigenvalue weighted by atomic mass is 10.1. The lowest BCUT2D eigenvalue weighted by Crippen LogP contribution is -2.37. The van der Waals surface area contributed by atoms with E-state index in [9.17, 15) is 0 Å². The molecule has 0 atom stereocenters. The maximum Gasteiger partial charge on any atom is 0.0750 e. The highest BCUT2D eigenvalue weighted by atomic mass is 16.5. The number of hydrogen-bond donors (Lipinski definition) is 1. The second kappa shape index (κ2) is 6.77. The van der Waals surface area contributed by atoms with Crippen molar-refractivity contribution in [2.24, 2.45) is 0 Å². The number of nitrogens with zero attached hydrogens (tertiary/aromatic N) is 2. The molecule has 0 aliphatic heterocycles. The first-order chi connectivity index (χ1) is 8.07. The van der Waals surface area contributed by atoms with Gasteiger partial charge < -0.3 is 10.1 Å². The van der Waals surface area contributed by atoms with Crippen LogP contribution < -0.4 is 5.32 Å². The fourth-order valence-electron chi connectivity index (χ4n) is 1.80. The predicted molar refractivity (Wildman–Crippen MR) is 69.9 cm³/mol. The van der Waals surface area contributed by atoms with Gasteiger partial charge in [-0.3, -0.25) is 4.68 Å². The number of rotatable bonds is 8. The van der Waals surface area contributed by atoms with Crippen LogP contribution in [0.15, 0.2) is 12.4 Å². The molecule has 1 rings (SSSR count). The third-order valence-corrected chi connectivity index (χ3v) is 2.55. The van der Waals surface area contributed by atoms with E-state index in [1.54, 1.807) is 0 Å². The number of hydrogen-bond acceptors (Lipinski definition) is 3. The monoisotopic (exact) mass is 239 g/mol. The molecule has 1 aromatic heterocycles. The highest BCUT2D eigenvalue weighted by Gasteiger charge is 2.16. The van der Waals surface area contributed by atoms with Crippen LogP contribution >= 0.6 is 0 Å². The summed E-state index contributed by atoms with van der Waals surface area (Å²) in [6, 6.07) is 0. The SMILES string of the molecule is CCCn1cc(CNCC(C)(C)OCC)cn1. The Balaban J connectivity index is 2.30. The van der Waals surface area contributed by atoms with Crippen LogP contribution in [0.3, 0.4) is 0 Å². The van der Waals surface area contributed by atoms with Gasteiger partial charge in [0.15, 0.2) is 0 Å². The van der Waals surface area contributed by atoms with Crippen molar-refractivity contribution in [3.63, 3.8) is 0 Å². The molecular weight excluding hydrogens is 214 g/mol. The van der Waals surface area contributed by atoms with E-state index in [0.717, 1.165) is 32.7 Å². The maximum atomic E-state index is 5.63. The Morgan fingerprint density at radius 3 is 2.82 bits per heavy atom. The molecule has 0 amide bonds. The summed E-state index contributed by atoms with van der Waals surface area (Å²) in [5, 5.41) is 7.71. The number of ether oxygens (including phenoxy) is 1. The van der Waals surface area contributed by atoms with Crippen LogP contribution in [0.25, 0.3) is 0 Å². The molecule has 1 aromatic rings. The second-order valence-corrected chi connectivity index (χ2v) is 4.91. The van der Waals surface area contributed by atoms with Crippen molar-refractivity contribution in [3.05, 3.63) is 18.0 Å². The molecule has 0 bridgehead atoms. The number of nitrogens with one attached hydrogen (secondary N) is 1. The Hall–Kier alpha value is -0.870. The Kier molecular flexibility index (Phi) is 5.65. The first kappa shape index (κ1) is 14.2. The van der Waals surface area contributed by atoms with Crippen molar-refractivity contribution in [3.8, 4) is 0 Å². The van der Waals surface area contributed by atoms with Gasteiger partial charge in [0.05, 0.1) is 11.8 Å². The number of aromatic nitrogens is 2. The lowest BCUT2D eigenvalue weighted by molar-refractivity contribution is -0.00897. The van der Waals surface area contributed by atoms with Gasteiger partial charge >= 0.3 is 0 Å². The standard InChI is InChI=1S/C13H25N3O/c1-5-7-16-10-12(9-15-16)8-14-11-13(3,4)17-6-2/h9-10,14H,5-8,11H2,1-4H3. The molecule has 0 aliphatic rings.